The first-order valence-corrected chi connectivity index (χ1v) is 7.42. The van der Waals surface area contributed by atoms with E-state index in [1.54, 1.807) is 12.1 Å². The van der Waals surface area contributed by atoms with Crippen molar-refractivity contribution in [2.24, 2.45) is 0 Å². The summed E-state index contributed by atoms with van der Waals surface area (Å²) < 4.78 is 5.35. The highest BCUT2D eigenvalue weighted by Crippen LogP contribution is 2.22. The third-order valence-corrected chi connectivity index (χ3v) is 3.71. The number of anilines is 1. The Kier molecular flexibility index (Phi) is 5.07. The van der Waals surface area contributed by atoms with Crippen LogP contribution in [0.3, 0.4) is 0 Å². The lowest BCUT2D eigenvalue weighted by molar-refractivity contribution is 0.102. The number of carbonyl (C=O) groups excluding carboxylic acids is 1. The van der Waals surface area contributed by atoms with E-state index in [1.807, 2.05) is 43.3 Å². The number of nitrogens with two attached hydrogens (primary N) is 1. The van der Waals surface area contributed by atoms with Gasteiger partial charge < -0.3 is 10.5 Å². The molecule has 0 saturated carbocycles. The summed E-state index contributed by atoms with van der Waals surface area (Å²) in [5.41, 5.74) is 7.12. The highest BCUT2D eigenvalue weighted by molar-refractivity contribution is 8.00. The molecule has 0 saturated heterocycles. The molecule has 3 nitrogen and oxygen atoms in total. The monoisotopic (exact) mass is 287 g/mol. The zero-order chi connectivity index (χ0) is 14.4. The summed E-state index contributed by atoms with van der Waals surface area (Å²) in [7, 11) is 0. The molecule has 0 fully saturated rings. The van der Waals surface area contributed by atoms with Crippen LogP contribution in [0.15, 0.2) is 53.4 Å². The normalized spacial score (nSPS) is 10.2. The molecule has 2 rings (SSSR count). The van der Waals surface area contributed by atoms with Gasteiger partial charge in [-0.05, 0) is 49.4 Å². The summed E-state index contributed by atoms with van der Waals surface area (Å²) in [5, 5.41) is 0. The van der Waals surface area contributed by atoms with Crippen LogP contribution in [0.5, 0.6) is 5.75 Å². The average molecular weight is 287 g/mol. The molecule has 2 aromatic rings. The van der Waals surface area contributed by atoms with E-state index < -0.39 is 0 Å². The summed E-state index contributed by atoms with van der Waals surface area (Å²) in [5.74, 6) is 1.28. The summed E-state index contributed by atoms with van der Waals surface area (Å²) in [4.78, 5) is 13.1. The van der Waals surface area contributed by atoms with Crippen molar-refractivity contribution in [3.05, 3.63) is 54.1 Å². The molecule has 2 aromatic carbocycles. The van der Waals surface area contributed by atoms with Crippen LogP contribution in [-0.2, 0) is 0 Å². The molecule has 0 spiro atoms. The Morgan fingerprint density at radius 2 is 1.95 bits per heavy atom. The van der Waals surface area contributed by atoms with E-state index in [1.165, 1.54) is 11.8 Å². The lowest BCUT2D eigenvalue weighted by Crippen LogP contribution is -2.02. The molecule has 0 aromatic heterocycles. The van der Waals surface area contributed by atoms with Gasteiger partial charge in [-0.15, -0.1) is 11.8 Å². The van der Waals surface area contributed by atoms with E-state index in [0.29, 0.717) is 23.6 Å². The second kappa shape index (κ2) is 7.01. The Bertz CT molecular complexity index is 581. The molecule has 0 aliphatic heterocycles. The van der Waals surface area contributed by atoms with Gasteiger partial charge in [0.1, 0.15) is 5.75 Å². The van der Waals surface area contributed by atoms with Gasteiger partial charge in [-0.25, -0.2) is 0 Å². The fourth-order valence-electron chi connectivity index (χ4n) is 1.74. The van der Waals surface area contributed by atoms with E-state index in [4.69, 9.17) is 10.5 Å². The topological polar surface area (TPSA) is 52.3 Å². The van der Waals surface area contributed by atoms with Gasteiger partial charge in [0.05, 0.1) is 12.4 Å². The van der Waals surface area contributed by atoms with Crippen LogP contribution >= 0.6 is 11.8 Å². The van der Waals surface area contributed by atoms with Crippen LogP contribution in [0.1, 0.15) is 17.3 Å². The molecule has 104 valence electrons. The number of carbonyl (C=O) groups is 1. The van der Waals surface area contributed by atoms with Gasteiger partial charge in [-0.2, -0.15) is 0 Å². The zero-order valence-corrected chi connectivity index (χ0v) is 12.2. The number of rotatable bonds is 6. The predicted octanol–water partition coefficient (Wildman–Crippen LogP) is 3.64. The molecule has 2 N–H and O–H groups in total. The second-order valence-corrected chi connectivity index (χ2v) is 5.29. The number of hydrogen-bond acceptors (Lipinski definition) is 4. The van der Waals surface area contributed by atoms with Crippen LogP contribution < -0.4 is 10.5 Å². The lowest BCUT2D eigenvalue weighted by atomic mass is 10.1. The van der Waals surface area contributed by atoms with Crippen molar-refractivity contribution in [2.75, 3.05) is 18.1 Å². The third kappa shape index (κ3) is 4.03. The number of Topliss-reactive ketones (excluding diaryl/α,β-unsaturated/α-hetero) is 1. The SMILES string of the molecule is CCOc1ccc(C(=O)CSc2cccc(N)c2)cc1. The van der Waals surface area contributed by atoms with Crippen molar-refractivity contribution in [1.29, 1.82) is 0 Å². The van der Waals surface area contributed by atoms with E-state index in [-0.39, 0.29) is 5.78 Å². The fraction of sp³-hybridized carbons (Fsp3) is 0.188. The maximum absolute atomic E-state index is 12.1. The predicted molar refractivity (Wildman–Crippen MR) is 83.5 cm³/mol. The summed E-state index contributed by atoms with van der Waals surface area (Å²) >= 11 is 1.49. The van der Waals surface area contributed by atoms with Gasteiger partial charge in [0.2, 0.25) is 0 Å². The number of benzene rings is 2. The maximum Gasteiger partial charge on any atom is 0.173 e. The van der Waals surface area contributed by atoms with Gasteiger partial charge in [-0.3, -0.25) is 4.79 Å². The molecule has 0 unspecified atom stereocenters. The van der Waals surface area contributed by atoms with Crippen LogP contribution in [0.4, 0.5) is 5.69 Å². The van der Waals surface area contributed by atoms with Crippen molar-refractivity contribution >= 4 is 23.2 Å². The molecule has 0 amide bonds. The Hall–Kier alpha value is -1.94. The van der Waals surface area contributed by atoms with Crippen molar-refractivity contribution in [3.63, 3.8) is 0 Å². The Morgan fingerprint density at radius 1 is 1.20 bits per heavy atom. The van der Waals surface area contributed by atoms with E-state index >= 15 is 0 Å². The highest BCUT2D eigenvalue weighted by atomic mass is 32.2. The molecule has 0 heterocycles. The van der Waals surface area contributed by atoms with E-state index in [2.05, 4.69) is 0 Å². The molecule has 0 radical (unpaired) electrons. The summed E-state index contributed by atoms with van der Waals surface area (Å²) in [6.07, 6.45) is 0. The van der Waals surface area contributed by atoms with Crippen molar-refractivity contribution < 1.29 is 9.53 Å². The van der Waals surface area contributed by atoms with Crippen LogP contribution in [0, 0.1) is 0 Å². The largest absolute Gasteiger partial charge is 0.494 e. The molecule has 0 aliphatic carbocycles. The smallest absolute Gasteiger partial charge is 0.173 e. The highest BCUT2D eigenvalue weighted by Gasteiger charge is 2.07. The Morgan fingerprint density at radius 3 is 2.60 bits per heavy atom. The number of ketones is 1. The first-order valence-electron chi connectivity index (χ1n) is 6.43. The first-order chi connectivity index (χ1) is 9.69. The van der Waals surface area contributed by atoms with Crippen LogP contribution in [0.25, 0.3) is 0 Å². The van der Waals surface area contributed by atoms with Crippen molar-refractivity contribution in [3.8, 4) is 5.75 Å². The minimum atomic E-state index is 0.0977. The standard InChI is InChI=1S/C16H17NO2S/c1-2-19-14-8-6-12(7-9-14)16(18)11-20-15-5-3-4-13(17)10-15/h3-10H,2,11,17H2,1H3. The molecular weight excluding hydrogens is 270 g/mol. The van der Waals surface area contributed by atoms with Crippen molar-refractivity contribution in [2.45, 2.75) is 11.8 Å². The molecule has 20 heavy (non-hydrogen) atoms. The van der Waals surface area contributed by atoms with E-state index in [9.17, 15) is 4.79 Å². The molecule has 0 aliphatic rings. The second-order valence-electron chi connectivity index (χ2n) is 4.24. The average Bonchev–Trinajstić information content (AvgIpc) is 2.46. The van der Waals surface area contributed by atoms with Gasteiger partial charge in [0, 0.05) is 16.1 Å². The van der Waals surface area contributed by atoms with Crippen LogP contribution in [-0.4, -0.2) is 18.1 Å². The number of thioether (sulfide) groups is 1. The number of ether oxygens (including phenoxy) is 1. The molecule has 0 atom stereocenters. The van der Waals surface area contributed by atoms with E-state index in [0.717, 1.165) is 10.6 Å². The Balaban J connectivity index is 1.94. The van der Waals surface area contributed by atoms with Crippen molar-refractivity contribution in [1.82, 2.24) is 0 Å². The minimum absolute atomic E-state index is 0.0977. The van der Waals surface area contributed by atoms with Gasteiger partial charge in [0.25, 0.3) is 0 Å². The quantitative estimate of drug-likeness (QED) is 0.500. The molecular formula is C16H17NO2S. The fourth-order valence-corrected chi connectivity index (χ4v) is 2.60. The lowest BCUT2D eigenvalue weighted by Gasteiger charge is -2.05. The van der Waals surface area contributed by atoms with Gasteiger partial charge in [-0.1, -0.05) is 6.07 Å². The third-order valence-electron chi connectivity index (χ3n) is 2.72. The Labute approximate surface area is 123 Å². The van der Waals surface area contributed by atoms with Crippen LogP contribution in [0.2, 0.25) is 0 Å². The summed E-state index contributed by atoms with van der Waals surface area (Å²) in [6, 6.07) is 14.8. The minimum Gasteiger partial charge on any atom is -0.494 e. The zero-order valence-electron chi connectivity index (χ0n) is 11.3. The number of nitrogen functional groups attached to an aromatic ring is 1. The summed E-state index contributed by atoms with van der Waals surface area (Å²) in [6.45, 7) is 2.56. The first kappa shape index (κ1) is 14.5. The maximum atomic E-state index is 12.1. The molecule has 0 bridgehead atoms. The number of hydrogen-bond donors (Lipinski definition) is 1. The molecule has 4 heteroatoms. The van der Waals surface area contributed by atoms with Gasteiger partial charge in [0.15, 0.2) is 5.78 Å². The van der Waals surface area contributed by atoms with Gasteiger partial charge >= 0.3 is 0 Å².